The average Bonchev–Trinajstić information content (AvgIpc) is 2.61. The maximum Gasteiger partial charge on any atom is 0.340 e. The van der Waals surface area contributed by atoms with E-state index in [0.717, 1.165) is 5.56 Å². The lowest BCUT2D eigenvalue weighted by molar-refractivity contribution is -0.133. The molecular formula is C18H19BrN2O4. The molecule has 0 aromatic heterocycles. The van der Waals surface area contributed by atoms with Gasteiger partial charge in [-0.1, -0.05) is 34.1 Å². The number of likely N-dealkylation sites (N-methyl/N-ethyl adjacent to an activating group) is 1. The summed E-state index contributed by atoms with van der Waals surface area (Å²) < 4.78 is 11.0. The largest absolute Gasteiger partial charge is 0.496 e. The van der Waals surface area contributed by atoms with Gasteiger partial charge < -0.3 is 20.1 Å². The number of hydrogen-bond donors (Lipinski definition) is 1. The van der Waals surface area contributed by atoms with Gasteiger partial charge in [-0.05, 0) is 24.3 Å². The molecule has 0 aliphatic rings. The highest BCUT2D eigenvalue weighted by Crippen LogP contribution is 2.20. The Morgan fingerprint density at radius 2 is 1.92 bits per heavy atom. The summed E-state index contributed by atoms with van der Waals surface area (Å²) >= 11 is 3.27. The van der Waals surface area contributed by atoms with Gasteiger partial charge in [0.2, 0.25) is 0 Å². The second-order valence-electron chi connectivity index (χ2n) is 5.37. The third-order valence-corrected chi connectivity index (χ3v) is 4.08. The van der Waals surface area contributed by atoms with Gasteiger partial charge >= 0.3 is 5.97 Å². The highest BCUT2D eigenvalue weighted by Gasteiger charge is 2.17. The van der Waals surface area contributed by atoms with Crippen LogP contribution in [0.1, 0.15) is 15.9 Å². The van der Waals surface area contributed by atoms with Gasteiger partial charge in [0, 0.05) is 29.3 Å². The highest BCUT2D eigenvalue weighted by atomic mass is 79.9. The van der Waals surface area contributed by atoms with Gasteiger partial charge in [-0.15, -0.1) is 0 Å². The molecule has 0 saturated carbocycles. The molecule has 0 aliphatic carbocycles. The Bertz CT molecular complexity index is 779. The normalized spacial score (nSPS) is 10.2. The third-order valence-electron chi connectivity index (χ3n) is 3.59. The van der Waals surface area contributed by atoms with Crippen molar-refractivity contribution < 1.29 is 19.1 Å². The van der Waals surface area contributed by atoms with Crippen LogP contribution in [0.3, 0.4) is 0 Å². The van der Waals surface area contributed by atoms with Crippen molar-refractivity contribution in [1.82, 2.24) is 4.90 Å². The second-order valence-corrected chi connectivity index (χ2v) is 6.29. The maximum atomic E-state index is 12.2. The van der Waals surface area contributed by atoms with Crippen molar-refractivity contribution >= 4 is 33.5 Å². The number of rotatable bonds is 6. The first kappa shape index (κ1) is 18.8. The van der Waals surface area contributed by atoms with Gasteiger partial charge in [-0.25, -0.2) is 4.79 Å². The molecule has 0 saturated heterocycles. The lowest BCUT2D eigenvalue weighted by Gasteiger charge is -2.18. The standard InChI is InChI=1S/C18H19BrN2O4/c1-21(10-12-5-3-4-6-16(12)24-2)17(22)11-25-18(23)14-9-13(19)7-8-15(14)20/h3-9H,10-11,20H2,1-2H3. The molecule has 1 amide bonds. The van der Waals surface area contributed by atoms with E-state index < -0.39 is 5.97 Å². The first-order valence-corrected chi connectivity index (χ1v) is 8.29. The van der Waals surface area contributed by atoms with Gasteiger partial charge in [0.05, 0.1) is 12.7 Å². The van der Waals surface area contributed by atoms with E-state index >= 15 is 0 Å². The van der Waals surface area contributed by atoms with Gasteiger partial charge in [-0.2, -0.15) is 0 Å². The molecule has 0 atom stereocenters. The number of hydrogen-bond acceptors (Lipinski definition) is 5. The van der Waals surface area contributed by atoms with E-state index in [-0.39, 0.29) is 18.1 Å². The molecule has 132 valence electrons. The Balaban J connectivity index is 1.95. The molecule has 0 fully saturated rings. The van der Waals surface area contributed by atoms with Gasteiger partial charge in [0.1, 0.15) is 5.75 Å². The molecule has 0 bridgehead atoms. The number of benzene rings is 2. The van der Waals surface area contributed by atoms with Crippen LogP contribution in [-0.2, 0) is 16.1 Å². The topological polar surface area (TPSA) is 81.9 Å². The second kappa shape index (κ2) is 8.53. The summed E-state index contributed by atoms with van der Waals surface area (Å²) in [6, 6.07) is 12.3. The van der Waals surface area contributed by atoms with Gasteiger partial charge in [0.25, 0.3) is 5.91 Å². The van der Waals surface area contributed by atoms with Gasteiger partial charge in [-0.3, -0.25) is 4.79 Å². The van der Waals surface area contributed by atoms with Crippen molar-refractivity contribution in [2.75, 3.05) is 26.5 Å². The summed E-state index contributed by atoms with van der Waals surface area (Å²) in [6.45, 7) is -0.0180. The predicted molar refractivity (Wildman–Crippen MR) is 98.3 cm³/mol. The van der Waals surface area contributed by atoms with Crippen molar-refractivity contribution in [3.8, 4) is 5.75 Å². The number of methoxy groups -OCH3 is 1. The Labute approximate surface area is 154 Å². The molecule has 0 heterocycles. The number of para-hydroxylation sites is 1. The van der Waals surface area contributed by atoms with E-state index in [9.17, 15) is 9.59 Å². The fraction of sp³-hybridized carbons (Fsp3) is 0.222. The van der Waals surface area contributed by atoms with Crippen LogP contribution in [0.2, 0.25) is 0 Å². The Morgan fingerprint density at radius 1 is 1.20 bits per heavy atom. The molecule has 0 spiro atoms. The van der Waals surface area contributed by atoms with Crippen LogP contribution in [0.25, 0.3) is 0 Å². The van der Waals surface area contributed by atoms with Crippen LogP contribution < -0.4 is 10.5 Å². The maximum absolute atomic E-state index is 12.2. The van der Waals surface area contributed by atoms with E-state index in [2.05, 4.69) is 15.9 Å². The van der Waals surface area contributed by atoms with Crippen LogP contribution in [0.5, 0.6) is 5.75 Å². The number of nitrogens with two attached hydrogens (primary N) is 1. The van der Waals surface area contributed by atoms with Crippen LogP contribution in [0.4, 0.5) is 5.69 Å². The SMILES string of the molecule is COc1ccccc1CN(C)C(=O)COC(=O)c1cc(Br)ccc1N. The number of nitrogens with zero attached hydrogens (tertiary/aromatic N) is 1. The number of esters is 1. The van der Waals surface area contributed by atoms with Crippen LogP contribution in [-0.4, -0.2) is 37.5 Å². The Kier molecular flexibility index (Phi) is 6.41. The van der Waals surface area contributed by atoms with Crippen molar-refractivity contribution in [3.63, 3.8) is 0 Å². The molecular weight excluding hydrogens is 388 g/mol. The van der Waals surface area contributed by atoms with E-state index in [4.69, 9.17) is 15.2 Å². The fourth-order valence-electron chi connectivity index (χ4n) is 2.20. The minimum absolute atomic E-state index is 0.217. The lowest BCUT2D eigenvalue weighted by atomic mass is 10.2. The molecule has 7 heteroatoms. The number of nitrogen functional groups attached to an aromatic ring is 1. The number of carbonyl (C=O) groups excluding carboxylic acids is 2. The molecule has 0 unspecified atom stereocenters. The molecule has 0 aliphatic heterocycles. The van der Waals surface area contributed by atoms with Crippen LogP contribution >= 0.6 is 15.9 Å². The third kappa shape index (κ3) is 4.96. The summed E-state index contributed by atoms with van der Waals surface area (Å²) in [6.07, 6.45) is 0. The minimum atomic E-state index is -0.641. The minimum Gasteiger partial charge on any atom is -0.496 e. The average molecular weight is 407 g/mol. The van der Waals surface area contributed by atoms with Crippen molar-refractivity contribution in [3.05, 3.63) is 58.1 Å². The smallest absolute Gasteiger partial charge is 0.340 e. The summed E-state index contributed by atoms with van der Waals surface area (Å²) in [4.78, 5) is 25.8. The van der Waals surface area contributed by atoms with Crippen LogP contribution in [0.15, 0.2) is 46.9 Å². The van der Waals surface area contributed by atoms with Crippen LogP contribution in [0, 0.1) is 0 Å². The summed E-state index contributed by atoms with van der Waals surface area (Å²) in [7, 11) is 3.21. The molecule has 2 aromatic rings. The zero-order valence-corrected chi connectivity index (χ0v) is 15.6. The molecule has 0 radical (unpaired) electrons. The predicted octanol–water partition coefficient (Wildman–Crippen LogP) is 2.86. The highest BCUT2D eigenvalue weighted by molar-refractivity contribution is 9.10. The quantitative estimate of drug-likeness (QED) is 0.588. The number of amides is 1. The molecule has 2 aromatic carbocycles. The monoisotopic (exact) mass is 406 g/mol. The summed E-state index contributed by atoms with van der Waals surface area (Å²) in [5.41, 5.74) is 7.14. The van der Waals surface area contributed by atoms with E-state index in [1.807, 2.05) is 24.3 Å². The number of halogens is 1. The molecule has 2 rings (SSSR count). The van der Waals surface area contributed by atoms with Gasteiger partial charge in [0.15, 0.2) is 6.61 Å². The van der Waals surface area contributed by atoms with Crippen molar-refractivity contribution in [2.24, 2.45) is 0 Å². The fourth-order valence-corrected chi connectivity index (χ4v) is 2.56. The first-order valence-electron chi connectivity index (χ1n) is 7.50. The number of anilines is 1. The van der Waals surface area contributed by atoms with E-state index in [0.29, 0.717) is 22.5 Å². The van der Waals surface area contributed by atoms with Crippen molar-refractivity contribution in [2.45, 2.75) is 6.54 Å². The zero-order chi connectivity index (χ0) is 18.4. The molecule has 2 N–H and O–H groups in total. The molecule has 6 nitrogen and oxygen atoms in total. The van der Waals surface area contributed by atoms with Crippen molar-refractivity contribution in [1.29, 1.82) is 0 Å². The number of carbonyl (C=O) groups is 2. The lowest BCUT2D eigenvalue weighted by Crippen LogP contribution is -2.31. The summed E-state index contributed by atoms with van der Waals surface area (Å²) in [5, 5.41) is 0. The van der Waals surface area contributed by atoms with E-state index in [1.165, 1.54) is 4.90 Å². The number of ether oxygens (including phenoxy) is 2. The Morgan fingerprint density at radius 3 is 2.64 bits per heavy atom. The molecule has 25 heavy (non-hydrogen) atoms. The van der Waals surface area contributed by atoms with E-state index in [1.54, 1.807) is 32.4 Å². The Hall–Kier alpha value is -2.54. The first-order chi connectivity index (χ1) is 11.9. The zero-order valence-electron chi connectivity index (χ0n) is 14.0. The summed E-state index contributed by atoms with van der Waals surface area (Å²) in [5.74, 6) is -0.272.